The van der Waals surface area contributed by atoms with Crippen molar-refractivity contribution >= 4 is 5.91 Å². The highest BCUT2D eigenvalue weighted by atomic mass is 19.4. The van der Waals surface area contributed by atoms with Gasteiger partial charge in [0.05, 0.1) is 0 Å². The second-order valence-corrected chi connectivity index (χ2v) is 3.90. The van der Waals surface area contributed by atoms with Crippen LogP contribution in [0.15, 0.2) is 0 Å². The number of carbonyl (C=O) groups is 1. The zero-order chi connectivity index (χ0) is 11.5. The molecule has 2 atom stereocenters. The van der Waals surface area contributed by atoms with Gasteiger partial charge < -0.3 is 10.6 Å². The lowest BCUT2D eigenvalue weighted by Gasteiger charge is -2.28. The summed E-state index contributed by atoms with van der Waals surface area (Å²) in [5.74, 6) is -1.86. The number of halogens is 3. The Hall–Kier alpha value is -0.780. The highest BCUT2D eigenvalue weighted by molar-refractivity contribution is 5.81. The molecule has 0 radical (unpaired) electrons. The second-order valence-electron chi connectivity index (χ2n) is 3.90. The number of rotatable bonds is 2. The maximum Gasteiger partial charge on any atom is 0.471 e. The van der Waals surface area contributed by atoms with E-state index >= 15 is 0 Å². The minimum atomic E-state index is -4.78. The average Bonchev–Trinajstić information content (AvgIpc) is 2.12. The number of alkyl halides is 3. The standard InChI is InChI=1S/C9H15F3N2O/c1-6-3-2-4-7(14-6)5-13-8(15)9(10,11)12/h6-7,14H,2-5H2,1H3,(H,13,15)/t6-,7-/m1/s1. The smallest absolute Gasteiger partial charge is 0.347 e. The number of piperidine rings is 1. The third kappa shape index (κ3) is 4.07. The molecule has 0 aromatic rings. The summed E-state index contributed by atoms with van der Waals surface area (Å²) in [6.45, 7) is 2.03. The van der Waals surface area contributed by atoms with E-state index in [-0.39, 0.29) is 12.6 Å². The van der Waals surface area contributed by atoms with Crippen LogP contribution in [0.1, 0.15) is 26.2 Å². The summed E-state index contributed by atoms with van der Waals surface area (Å²) in [6, 6.07) is 0.270. The van der Waals surface area contributed by atoms with Gasteiger partial charge in [-0.2, -0.15) is 13.2 Å². The fourth-order valence-electron chi connectivity index (χ4n) is 1.72. The Balaban J connectivity index is 2.28. The molecular formula is C9H15F3N2O. The molecule has 0 saturated carbocycles. The summed E-state index contributed by atoms with van der Waals surface area (Å²) in [5.41, 5.74) is 0. The van der Waals surface area contributed by atoms with Crippen LogP contribution in [-0.4, -0.2) is 30.7 Å². The van der Waals surface area contributed by atoms with E-state index in [4.69, 9.17) is 0 Å². The van der Waals surface area contributed by atoms with Gasteiger partial charge in [-0.3, -0.25) is 4.79 Å². The molecule has 6 heteroatoms. The summed E-state index contributed by atoms with van der Waals surface area (Å²) < 4.78 is 35.5. The predicted molar refractivity (Wildman–Crippen MR) is 49.3 cm³/mol. The second kappa shape index (κ2) is 4.83. The predicted octanol–water partition coefficient (Wildman–Crippen LogP) is 1.20. The number of hydrogen-bond donors (Lipinski definition) is 2. The molecule has 1 aliphatic rings. The molecular weight excluding hydrogens is 209 g/mol. The first-order valence-electron chi connectivity index (χ1n) is 5.00. The summed E-state index contributed by atoms with van der Waals surface area (Å²) in [4.78, 5) is 10.5. The summed E-state index contributed by atoms with van der Waals surface area (Å²) >= 11 is 0. The summed E-state index contributed by atoms with van der Waals surface area (Å²) in [5, 5.41) is 5.03. The molecule has 2 N–H and O–H groups in total. The van der Waals surface area contributed by atoms with Crippen molar-refractivity contribution in [3.05, 3.63) is 0 Å². The van der Waals surface area contributed by atoms with Crippen molar-refractivity contribution in [2.75, 3.05) is 6.54 Å². The molecule has 3 nitrogen and oxygen atoms in total. The van der Waals surface area contributed by atoms with Crippen LogP contribution in [0.25, 0.3) is 0 Å². The van der Waals surface area contributed by atoms with Crippen molar-refractivity contribution in [1.82, 2.24) is 10.6 Å². The first kappa shape index (κ1) is 12.3. The molecule has 1 rings (SSSR count). The van der Waals surface area contributed by atoms with E-state index in [9.17, 15) is 18.0 Å². The number of carbonyl (C=O) groups excluding carboxylic acids is 1. The molecule has 1 amide bonds. The van der Waals surface area contributed by atoms with E-state index in [1.165, 1.54) is 0 Å². The topological polar surface area (TPSA) is 41.1 Å². The largest absolute Gasteiger partial charge is 0.471 e. The highest BCUT2D eigenvalue weighted by Gasteiger charge is 2.38. The summed E-state index contributed by atoms with van der Waals surface area (Å²) in [6.07, 6.45) is -1.95. The Bertz CT molecular complexity index is 230. The third-order valence-corrected chi connectivity index (χ3v) is 2.48. The van der Waals surface area contributed by atoms with E-state index in [1.54, 1.807) is 0 Å². The lowest BCUT2D eigenvalue weighted by molar-refractivity contribution is -0.173. The Morgan fingerprint density at radius 3 is 2.67 bits per heavy atom. The molecule has 0 aromatic heterocycles. The monoisotopic (exact) mass is 224 g/mol. The molecule has 0 aliphatic carbocycles. The van der Waals surface area contributed by atoms with Gasteiger partial charge in [-0.25, -0.2) is 0 Å². The molecule has 1 heterocycles. The van der Waals surface area contributed by atoms with Crippen molar-refractivity contribution < 1.29 is 18.0 Å². The quantitative estimate of drug-likeness (QED) is 0.740. The molecule has 1 saturated heterocycles. The number of amides is 1. The van der Waals surface area contributed by atoms with Gasteiger partial charge in [0.1, 0.15) is 0 Å². The van der Waals surface area contributed by atoms with Crippen molar-refractivity contribution in [2.45, 2.75) is 44.4 Å². The third-order valence-electron chi connectivity index (χ3n) is 2.48. The fourth-order valence-corrected chi connectivity index (χ4v) is 1.72. The lowest BCUT2D eigenvalue weighted by Crippen LogP contribution is -2.49. The van der Waals surface area contributed by atoms with Gasteiger partial charge in [-0.1, -0.05) is 6.42 Å². The van der Waals surface area contributed by atoms with Gasteiger partial charge in [-0.05, 0) is 19.8 Å². The first-order valence-corrected chi connectivity index (χ1v) is 5.00. The van der Waals surface area contributed by atoms with Crippen molar-refractivity contribution in [2.24, 2.45) is 0 Å². The highest BCUT2D eigenvalue weighted by Crippen LogP contribution is 2.15. The zero-order valence-electron chi connectivity index (χ0n) is 8.53. The van der Waals surface area contributed by atoms with E-state index < -0.39 is 12.1 Å². The molecule has 15 heavy (non-hydrogen) atoms. The minimum absolute atomic E-state index is 0.0416. The van der Waals surface area contributed by atoms with Gasteiger partial charge in [0.2, 0.25) is 0 Å². The van der Waals surface area contributed by atoms with E-state index in [1.807, 2.05) is 12.2 Å². The zero-order valence-corrected chi connectivity index (χ0v) is 8.53. The van der Waals surface area contributed by atoms with Crippen molar-refractivity contribution in [1.29, 1.82) is 0 Å². The van der Waals surface area contributed by atoms with Gasteiger partial charge in [0.25, 0.3) is 0 Å². The molecule has 0 bridgehead atoms. The van der Waals surface area contributed by atoms with E-state index in [2.05, 4.69) is 5.32 Å². The van der Waals surface area contributed by atoms with Gasteiger partial charge >= 0.3 is 12.1 Å². The Morgan fingerprint density at radius 2 is 2.13 bits per heavy atom. The van der Waals surface area contributed by atoms with Crippen molar-refractivity contribution in [3.63, 3.8) is 0 Å². The minimum Gasteiger partial charge on any atom is -0.347 e. The van der Waals surface area contributed by atoms with Gasteiger partial charge in [-0.15, -0.1) is 0 Å². The molecule has 0 aromatic carbocycles. The SMILES string of the molecule is C[C@@H]1CCC[C@H](CNC(=O)C(F)(F)F)N1. The molecule has 0 unspecified atom stereocenters. The van der Waals surface area contributed by atoms with Crippen LogP contribution in [0.3, 0.4) is 0 Å². The van der Waals surface area contributed by atoms with Crippen LogP contribution < -0.4 is 10.6 Å². The Labute approximate surface area is 86.4 Å². The Kier molecular flexibility index (Phi) is 3.96. The van der Waals surface area contributed by atoms with Crippen LogP contribution in [-0.2, 0) is 4.79 Å². The maximum atomic E-state index is 11.8. The average molecular weight is 224 g/mol. The van der Waals surface area contributed by atoms with Crippen molar-refractivity contribution in [3.8, 4) is 0 Å². The van der Waals surface area contributed by atoms with Crippen LogP contribution in [0.2, 0.25) is 0 Å². The number of nitrogens with one attached hydrogen (secondary N) is 2. The van der Waals surface area contributed by atoms with Crippen LogP contribution in [0.5, 0.6) is 0 Å². The molecule has 1 fully saturated rings. The van der Waals surface area contributed by atoms with Gasteiger partial charge in [0.15, 0.2) is 0 Å². The Morgan fingerprint density at radius 1 is 1.47 bits per heavy atom. The molecule has 1 aliphatic heterocycles. The fraction of sp³-hybridized carbons (Fsp3) is 0.889. The van der Waals surface area contributed by atoms with Crippen LogP contribution in [0, 0.1) is 0 Å². The van der Waals surface area contributed by atoms with E-state index in [0.29, 0.717) is 6.04 Å². The lowest BCUT2D eigenvalue weighted by atomic mass is 10.00. The van der Waals surface area contributed by atoms with E-state index in [0.717, 1.165) is 19.3 Å². The van der Waals surface area contributed by atoms with Gasteiger partial charge in [0, 0.05) is 18.6 Å². The normalized spacial score (nSPS) is 27.5. The maximum absolute atomic E-state index is 11.8. The molecule has 88 valence electrons. The number of hydrogen-bond acceptors (Lipinski definition) is 2. The molecule has 0 spiro atoms. The van der Waals surface area contributed by atoms with Crippen LogP contribution >= 0.6 is 0 Å². The summed E-state index contributed by atoms with van der Waals surface area (Å²) in [7, 11) is 0. The first-order chi connectivity index (χ1) is 6.89. The van der Waals surface area contributed by atoms with Crippen LogP contribution in [0.4, 0.5) is 13.2 Å².